The lowest BCUT2D eigenvalue weighted by Crippen LogP contribution is -2.20. The molecule has 1 heterocycles. The van der Waals surface area contributed by atoms with Crippen LogP contribution < -0.4 is 5.43 Å². The molecule has 0 saturated carbocycles. The number of carbonyl (C=O) groups is 1. The molecule has 1 amide bonds. The third kappa shape index (κ3) is 5.51. The Morgan fingerprint density at radius 3 is 2.76 bits per heavy atom. The van der Waals surface area contributed by atoms with Crippen molar-refractivity contribution in [2.45, 2.75) is 25.5 Å². The average molecular weight is 476 g/mol. The Morgan fingerprint density at radius 1 is 1.28 bits per heavy atom. The van der Waals surface area contributed by atoms with E-state index < -0.39 is 5.82 Å². The molecule has 0 atom stereocenters. The van der Waals surface area contributed by atoms with Crippen LogP contribution in [0.3, 0.4) is 0 Å². The van der Waals surface area contributed by atoms with Gasteiger partial charge >= 0.3 is 0 Å². The largest absolute Gasteiger partial charge is 0.302 e. The van der Waals surface area contributed by atoms with E-state index in [4.69, 9.17) is 0 Å². The van der Waals surface area contributed by atoms with Crippen LogP contribution in [0.5, 0.6) is 0 Å². The van der Waals surface area contributed by atoms with E-state index in [9.17, 15) is 9.18 Å². The number of nitrogens with zero attached hydrogens (tertiary/aromatic N) is 4. The monoisotopic (exact) mass is 475 g/mol. The van der Waals surface area contributed by atoms with Gasteiger partial charge in [-0.2, -0.15) is 5.10 Å². The molecule has 0 aliphatic carbocycles. The van der Waals surface area contributed by atoms with Gasteiger partial charge in [0.1, 0.15) is 5.82 Å². The second kappa shape index (κ2) is 9.80. The van der Waals surface area contributed by atoms with Crippen molar-refractivity contribution < 1.29 is 9.18 Å². The van der Waals surface area contributed by atoms with E-state index in [0.29, 0.717) is 11.7 Å². The summed E-state index contributed by atoms with van der Waals surface area (Å²) in [5.74, 6) is 0.146. The zero-order chi connectivity index (χ0) is 20.8. The second-order valence-electron chi connectivity index (χ2n) is 6.16. The molecule has 29 heavy (non-hydrogen) atoms. The average Bonchev–Trinajstić information content (AvgIpc) is 3.12. The maximum absolute atomic E-state index is 13.7. The topological polar surface area (TPSA) is 72.2 Å². The van der Waals surface area contributed by atoms with Gasteiger partial charge in [-0.3, -0.25) is 4.79 Å². The van der Waals surface area contributed by atoms with Gasteiger partial charge < -0.3 is 4.57 Å². The van der Waals surface area contributed by atoms with Crippen LogP contribution in [-0.4, -0.2) is 32.6 Å². The molecule has 3 aromatic rings. The molecule has 0 fully saturated rings. The number of halogens is 2. The van der Waals surface area contributed by atoms with Crippen LogP contribution in [0.4, 0.5) is 4.39 Å². The van der Waals surface area contributed by atoms with Crippen LogP contribution in [0.2, 0.25) is 0 Å². The van der Waals surface area contributed by atoms with Crippen LogP contribution in [0.15, 0.2) is 57.2 Å². The van der Waals surface area contributed by atoms with E-state index in [1.807, 2.05) is 42.7 Å². The lowest BCUT2D eigenvalue weighted by Gasteiger charge is -2.07. The van der Waals surface area contributed by atoms with E-state index in [2.05, 4.69) is 36.7 Å². The van der Waals surface area contributed by atoms with Crippen molar-refractivity contribution in [3.8, 4) is 11.4 Å². The number of aromatic nitrogens is 3. The quantitative estimate of drug-likeness (QED) is 0.312. The lowest BCUT2D eigenvalue weighted by molar-refractivity contribution is -0.118. The van der Waals surface area contributed by atoms with E-state index in [0.717, 1.165) is 15.9 Å². The summed E-state index contributed by atoms with van der Waals surface area (Å²) in [5.41, 5.74) is 4.83. The first kappa shape index (κ1) is 21.2. The molecule has 0 aliphatic heterocycles. The van der Waals surface area contributed by atoms with E-state index in [-0.39, 0.29) is 17.2 Å². The molecule has 9 heteroatoms. The van der Waals surface area contributed by atoms with Crippen LogP contribution in [-0.2, 0) is 11.3 Å². The van der Waals surface area contributed by atoms with Gasteiger partial charge in [-0.15, -0.1) is 10.2 Å². The number of amides is 1. The molecule has 0 saturated heterocycles. The molecule has 0 radical (unpaired) electrons. The highest BCUT2D eigenvalue weighted by molar-refractivity contribution is 9.10. The Labute approximate surface area is 180 Å². The van der Waals surface area contributed by atoms with E-state index in [1.165, 1.54) is 29.6 Å². The van der Waals surface area contributed by atoms with Crippen LogP contribution in [0.1, 0.15) is 18.1 Å². The first-order valence-electron chi connectivity index (χ1n) is 8.88. The number of benzene rings is 2. The SMILES string of the molecule is CCn1c(SCC(=O)NN=Cc2cc(Br)ccc2F)nnc1-c1ccc(C)cc1. The Hall–Kier alpha value is -2.52. The molecule has 6 nitrogen and oxygen atoms in total. The number of hydrazone groups is 1. The number of thioether (sulfide) groups is 1. The standard InChI is InChI=1S/C20H19BrFN5OS/c1-3-27-19(14-6-4-13(2)5-7-14)25-26-20(27)29-12-18(28)24-23-11-15-10-16(21)8-9-17(15)22/h4-11H,3,12H2,1-2H3,(H,24,28). The summed E-state index contributed by atoms with van der Waals surface area (Å²) < 4.78 is 16.4. The number of hydrogen-bond acceptors (Lipinski definition) is 5. The molecular formula is C20H19BrFN5OS. The fraction of sp³-hybridized carbons (Fsp3) is 0.200. The predicted octanol–water partition coefficient (Wildman–Crippen LogP) is 4.42. The fourth-order valence-electron chi connectivity index (χ4n) is 2.55. The Morgan fingerprint density at radius 2 is 2.03 bits per heavy atom. The van der Waals surface area contributed by atoms with Gasteiger partial charge in [0, 0.05) is 22.1 Å². The van der Waals surface area contributed by atoms with Gasteiger partial charge in [-0.1, -0.05) is 57.5 Å². The first-order chi connectivity index (χ1) is 14.0. The minimum atomic E-state index is -0.416. The summed E-state index contributed by atoms with van der Waals surface area (Å²) >= 11 is 4.54. The molecule has 2 aromatic carbocycles. The third-order valence-electron chi connectivity index (χ3n) is 4.03. The lowest BCUT2D eigenvalue weighted by atomic mass is 10.1. The second-order valence-corrected chi connectivity index (χ2v) is 8.02. The summed E-state index contributed by atoms with van der Waals surface area (Å²) in [6.07, 6.45) is 1.27. The Bertz CT molecular complexity index is 1040. The molecule has 1 aromatic heterocycles. The minimum absolute atomic E-state index is 0.115. The zero-order valence-corrected chi connectivity index (χ0v) is 18.3. The zero-order valence-electron chi connectivity index (χ0n) is 15.9. The van der Waals surface area contributed by atoms with Gasteiger partial charge in [-0.05, 0) is 32.0 Å². The first-order valence-corrected chi connectivity index (χ1v) is 10.7. The number of hydrogen-bond donors (Lipinski definition) is 1. The highest BCUT2D eigenvalue weighted by Gasteiger charge is 2.14. The van der Waals surface area contributed by atoms with Crippen molar-refractivity contribution in [1.29, 1.82) is 0 Å². The molecule has 1 N–H and O–H groups in total. The van der Waals surface area contributed by atoms with Crippen LogP contribution in [0, 0.1) is 12.7 Å². The summed E-state index contributed by atoms with van der Waals surface area (Å²) in [6.45, 7) is 4.71. The summed E-state index contributed by atoms with van der Waals surface area (Å²) in [6, 6.07) is 12.6. The number of carbonyl (C=O) groups excluding carboxylic acids is 1. The van der Waals surface area contributed by atoms with Crippen molar-refractivity contribution >= 4 is 39.8 Å². The Kier molecular flexibility index (Phi) is 7.16. The van der Waals surface area contributed by atoms with Crippen molar-refractivity contribution in [3.05, 3.63) is 63.9 Å². The van der Waals surface area contributed by atoms with Gasteiger partial charge in [0.2, 0.25) is 0 Å². The van der Waals surface area contributed by atoms with Gasteiger partial charge in [-0.25, -0.2) is 9.82 Å². The van der Waals surface area contributed by atoms with Crippen molar-refractivity contribution in [3.63, 3.8) is 0 Å². The van der Waals surface area contributed by atoms with Crippen LogP contribution in [0.25, 0.3) is 11.4 Å². The van der Waals surface area contributed by atoms with E-state index in [1.54, 1.807) is 12.1 Å². The normalized spacial score (nSPS) is 11.2. The molecular weight excluding hydrogens is 457 g/mol. The molecule has 3 rings (SSSR count). The molecule has 150 valence electrons. The Balaban J connectivity index is 1.61. The molecule has 0 aliphatic rings. The molecule has 0 unspecified atom stereocenters. The summed E-state index contributed by atoms with van der Waals surface area (Å²) in [4.78, 5) is 12.1. The number of rotatable bonds is 7. The smallest absolute Gasteiger partial charge is 0.250 e. The maximum Gasteiger partial charge on any atom is 0.250 e. The highest BCUT2D eigenvalue weighted by Crippen LogP contribution is 2.24. The third-order valence-corrected chi connectivity index (χ3v) is 5.49. The fourth-order valence-corrected chi connectivity index (χ4v) is 3.72. The number of aryl methyl sites for hydroxylation is 1. The highest BCUT2D eigenvalue weighted by atomic mass is 79.9. The molecule has 0 bridgehead atoms. The van der Waals surface area contributed by atoms with Crippen molar-refractivity contribution in [2.75, 3.05) is 5.75 Å². The summed E-state index contributed by atoms with van der Waals surface area (Å²) in [5, 5.41) is 12.9. The van der Waals surface area contributed by atoms with Gasteiger partial charge in [0.15, 0.2) is 11.0 Å². The van der Waals surface area contributed by atoms with Gasteiger partial charge in [0.25, 0.3) is 5.91 Å². The number of nitrogens with one attached hydrogen (secondary N) is 1. The van der Waals surface area contributed by atoms with E-state index >= 15 is 0 Å². The molecule has 0 spiro atoms. The predicted molar refractivity (Wildman–Crippen MR) is 116 cm³/mol. The minimum Gasteiger partial charge on any atom is -0.302 e. The van der Waals surface area contributed by atoms with Gasteiger partial charge in [0.05, 0.1) is 12.0 Å². The van der Waals surface area contributed by atoms with Crippen LogP contribution >= 0.6 is 27.7 Å². The summed E-state index contributed by atoms with van der Waals surface area (Å²) in [7, 11) is 0. The van der Waals surface area contributed by atoms with Crippen molar-refractivity contribution in [1.82, 2.24) is 20.2 Å². The maximum atomic E-state index is 13.7. The van der Waals surface area contributed by atoms with Crippen molar-refractivity contribution in [2.24, 2.45) is 5.10 Å².